The summed E-state index contributed by atoms with van der Waals surface area (Å²) in [6.45, 7) is 10.6. The monoisotopic (exact) mass is 302 g/mol. The second kappa shape index (κ2) is 6.01. The van der Waals surface area contributed by atoms with Crippen LogP contribution in [0.25, 0.3) is 0 Å². The Morgan fingerprint density at radius 2 is 1.88 bits per heavy atom. The Morgan fingerprint density at radius 3 is 2.35 bits per heavy atom. The second-order valence-electron chi connectivity index (χ2n) is 5.47. The molecule has 2 unspecified atom stereocenters. The first-order valence-corrected chi connectivity index (χ1v) is 7.04. The number of rotatable bonds is 5. The molecule has 1 N–H and O–H groups in total. The van der Waals surface area contributed by atoms with E-state index in [4.69, 9.17) is 0 Å². The average molecular weight is 303 g/mol. The molecule has 0 fully saturated rings. The molecule has 1 rings (SSSR count). The minimum Gasteiger partial charge on any atom is -0.386 e. The quantitative estimate of drug-likeness (QED) is 0.894. The molecule has 0 amide bonds. The average Bonchev–Trinajstić information content (AvgIpc) is 2.58. The van der Waals surface area contributed by atoms with Crippen LogP contribution in [0, 0.1) is 11.8 Å². The number of hydrogen-bond acceptors (Lipinski definition) is 2. The Morgan fingerprint density at radius 1 is 1.29 bits per heavy atom. The van der Waals surface area contributed by atoms with Crippen molar-refractivity contribution in [2.45, 2.75) is 53.2 Å². The highest BCUT2D eigenvalue weighted by atomic mass is 79.9. The Bertz CT molecular complexity index is 360. The maximum absolute atomic E-state index is 10.4. The molecule has 17 heavy (non-hydrogen) atoms. The first kappa shape index (κ1) is 14.7. The van der Waals surface area contributed by atoms with Crippen LogP contribution in [0.15, 0.2) is 10.7 Å². The van der Waals surface area contributed by atoms with E-state index in [0.717, 1.165) is 16.6 Å². The van der Waals surface area contributed by atoms with E-state index in [1.54, 1.807) is 6.20 Å². The lowest BCUT2D eigenvalue weighted by Gasteiger charge is -2.23. The van der Waals surface area contributed by atoms with Crippen molar-refractivity contribution in [1.82, 2.24) is 9.78 Å². The molecule has 0 saturated heterocycles. The SMILES string of the molecule is CC(C)CC(C)C(O)c1c(Br)cnn1C(C)C. The molecule has 0 aromatic carbocycles. The van der Waals surface area contributed by atoms with Gasteiger partial charge in [0.2, 0.25) is 0 Å². The standard InChI is InChI=1S/C13H23BrN2O/c1-8(2)6-10(5)13(17)12-11(14)7-15-16(12)9(3)4/h7-10,13,17H,6H2,1-5H3. The number of hydrogen-bond donors (Lipinski definition) is 1. The fourth-order valence-electron chi connectivity index (χ4n) is 2.18. The third-order valence-corrected chi connectivity index (χ3v) is 3.55. The van der Waals surface area contributed by atoms with Gasteiger partial charge in [-0.25, -0.2) is 0 Å². The maximum Gasteiger partial charge on any atom is 0.0993 e. The van der Waals surface area contributed by atoms with Crippen LogP contribution in [0.2, 0.25) is 0 Å². The Balaban J connectivity index is 2.94. The highest BCUT2D eigenvalue weighted by Crippen LogP contribution is 2.33. The van der Waals surface area contributed by atoms with Gasteiger partial charge >= 0.3 is 0 Å². The van der Waals surface area contributed by atoms with Crippen molar-refractivity contribution >= 4 is 15.9 Å². The second-order valence-corrected chi connectivity index (χ2v) is 6.32. The summed E-state index contributed by atoms with van der Waals surface area (Å²) in [7, 11) is 0. The lowest BCUT2D eigenvalue weighted by Crippen LogP contribution is -2.18. The highest BCUT2D eigenvalue weighted by Gasteiger charge is 2.24. The molecule has 1 aromatic heterocycles. The third-order valence-electron chi connectivity index (χ3n) is 2.94. The number of halogens is 1. The van der Waals surface area contributed by atoms with E-state index < -0.39 is 6.10 Å². The molecular weight excluding hydrogens is 280 g/mol. The summed E-state index contributed by atoms with van der Waals surface area (Å²) < 4.78 is 2.79. The van der Waals surface area contributed by atoms with Gasteiger partial charge in [0, 0.05) is 6.04 Å². The lowest BCUT2D eigenvalue weighted by molar-refractivity contribution is 0.0941. The van der Waals surface area contributed by atoms with Crippen LogP contribution in [0.4, 0.5) is 0 Å². The van der Waals surface area contributed by atoms with E-state index >= 15 is 0 Å². The summed E-state index contributed by atoms with van der Waals surface area (Å²) in [5.74, 6) is 0.828. The molecule has 0 bridgehead atoms. The summed E-state index contributed by atoms with van der Waals surface area (Å²) in [5.41, 5.74) is 0.896. The highest BCUT2D eigenvalue weighted by molar-refractivity contribution is 9.10. The van der Waals surface area contributed by atoms with Crippen molar-refractivity contribution in [2.75, 3.05) is 0 Å². The van der Waals surface area contributed by atoms with Crippen LogP contribution in [0.5, 0.6) is 0 Å². The van der Waals surface area contributed by atoms with E-state index in [1.807, 2.05) is 4.68 Å². The zero-order valence-corrected chi connectivity index (χ0v) is 12.9. The molecule has 0 aliphatic carbocycles. The van der Waals surface area contributed by atoms with Crippen molar-refractivity contribution in [3.05, 3.63) is 16.4 Å². The topological polar surface area (TPSA) is 38.1 Å². The van der Waals surface area contributed by atoms with E-state index in [1.165, 1.54) is 0 Å². The minimum atomic E-state index is -0.461. The van der Waals surface area contributed by atoms with Gasteiger partial charge in [-0.3, -0.25) is 4.68 Å². The molecule has 0 saturated carbocycles. The summed E-state index contributed by atoms with van der Waals surface area (Å²) in [6, 6.07) is 0.261. The molecule has 0 spiro atoms. The van der Waals surface area contributed by atoms with Crippen LogP contribution < -0.4 is 0 Å². The van der Waals surface area contributed by atoms with Crippen LogP contribution in [0.3, 0.4) is 0 Å². The number of aliphatic hydroxyl groups is 1. The first-order valence-electron chi connectivity index (χ1n) is 6.25. The van der Waals surface area contributed by atoms with Gasteiger partial charge in [0.1, 0.15) is 0 Å². The molecular formula is C13H23BrN2O. The largest absolute Gasteiger partial charge is 0.386 e. The fourth-order valence-corrected chi connectivity index (χ4v) is 2.69. The van der Waals surface area contributed by atoms with E-state index in [0.29, 0.717) is 5.92 Å². The fraction of sp³-hybridized carbons (Fsp3) is 0.769. The number of nitrogens with zero attached hydrogens (tertiary/aromatic N) is 2. The van der Waals surface area contributed by atoms with Crippen molar-refractivity contribution < 1.29 is 5.11 Å². The normalized spacial score (nSPS) is 15.6. The summed E-state index contributed by atoms with van der Waals surface area (Å²) >= 11 is 3.48. The van der Waals surface area contributed by atoms with Gasteiger partial charge in [0.25, 0.3) is 0 Å². The van der Waals surface area contributed by atoms with Crippen LogP contribution in [-0.4, -0.2) is 14.9 Å². The van der Waals surface area contributed by atoms with Crippen molar-refractivity contribution in [1.29, 1.82) is 0 Å². The zero-order valence-electron chi connectivity index (χ0n) is 11.3. The van der Waals surface area contributed by atoms with E-state index in [9.17, 15) is 5.11 Å². The Kier molecular flexibility index (Phi) is 5.20. The predicted molar refractivity (Wildman–Crippen MR) is 73.9 cm³/mol. The van der Waals surface area contributed by atoms with Gasteiger partial charge in [0.05, 0.1) is 22.5 Å². The molecule has 0 aliphatic heterocycles. The van der Waals surface area contributed by atoms with Crippen LogP contribution >= 0.6 is 15.9 Å². The smallest absolute Gasteiger partial charge is 0.0993 e. The zero-order chi connectivity index (χ0) is 13.2. The molecule has 3 nitrogen and oxygen atoms in total. The number of aromatic nitrogens is 2. The molecule has 1 heterocycles. The molecule has 98 valence electrons. The summed E-state index contributed by atoms with van der Waals surface area (Å²) in [4.78, 5) is 0. The number of aliphatic hydroxyl groups excluding tert-OH is 1. The van der Waals surface area contributed by atoms with Gasteiger partial charge in [-0.15, -0.1) is 0 Å². The van der Waals surface area contributed by atoms with Gasteiger partial charge in [-0.2, -0.15) is 5.10 Å². The molecule has 4 heteroatoms. The third kappa shape index (κ3) is 3.55. The Labute approximate surface area is 112 Å². The van der Waals surface area contributed by atoms with E-state index in [-0.39, 0.29) is 12.0 Å². The first-order chi connectivity index (χ1) is 7.84. The minimum absolute atomic E-state index is 0.237. The van der Waals surface area contributed by atoms with Gasteiger partial charge < -0.3 is 5.11 Å². The summed E-state index contributed by atoms with van der Waals surface area (Å²) in [5, 5.41) is 14.8. The molecule has 2 atom stereocenters. The summed E-state index contributed by atoms with van der Waals surface area (Å²) in [6.07, 6.45) is 2.31. The van der Waals surface area contributed by atoms with Crippen molar-refractivity contribution in [2.24, 2.45) is 11.8 Å². The van der Waals surface area contributed by atoms with Gasteiger partial charge in [0.15, 0.2) is 0 Å². The van der Waals surface area contributed by atoms with Crippen molar-refractivity contribution in [3.8, 4) is 0 Å². The maximum atomic E-state index is 10.4. The van der Waals surface area contributed by atoms with Crippen molar-refractivity contribution in [3.63, 3.8) is 0 Å². The molecule has 0 radical (unpaired) electrons. The van der Waals surface area contributed by atoms with Gasteiger partial charge in [-0.1, -0.05) is 20.8 Å². The van der Waals surface area contributed by atoms with Gasteiger partial charge in [-0.05, 0) is 48.0 Å². The molecule has 0 aliphatic rings. The Hall–Kier alpha value is -0.350. The van der Waals surface area contributed by atoms with Crippen LogP contribution in [-0.2, 0) is 0 Å². The van der Waals surface area contributed by atoms with E-state index in [2.05, 4.69) is 55.6 Å². The predicted octanol–water partition coefficient (Wildman–Crippen LogP) is 3.94. The molecule has 1 aromatic rings. The van der Waals surface area contributed by atoms with Crippen LogP contribution in [0.1, 0.15) is 58.9 Å². The lowest BCUT2D eigenvalue weighted by atomic mass is 9.92.